The first kappa shape index (κ1) is 10.8. The minimum absolute atomic E-state index is 0.0774. The second kappa shape index (κ2) is 3.95. The average molecular weight is 254 g/mol. The van der Waals surface area contributed by atoms with Crippen LogP contribution in [0.5, 0.6) is 5.75 Å². The van der Waals surface area contributed by atoms with E-state index in [4.69, 9.17) is 4.74 Å². The molecule has 19 heavy (non-hydrogen) atoms. The molecule has 4 heteroatoms. The third-order valence-corrected chi connectivity index (χ3v) is 3.73. The molecule has 1 fully saturated rings. The van der Waals surface area contributed by atoms with Gasteiger partial charge in [0.25, 0.3) is 5.56 Å². The molecule has 1 aliphatic heterocycles. The fourth-order valence-corrected chi connectivity index (χ4v) is 2.57. The van der Waals surface area contributed by atoms with Crippen LogP contribution in [0.3, 0.4) is 0 Å². The molecule has 1 saturated carbocycles. The minimum atomic E-state index is -0.163. The summed E-state index contributed by atoms with van der Waals surface area (Å²) in [5.41, 5.74) is 2.01. The van der Waals surface area contributed by atoms with Gasteiger partial charge in [0.15, 0.2) is 11.9 Å². The zero-order valence-corrected chi connectivity index (χ0v) is 10.4. The van der Waals surface area contributed by atoms with Crippen molar-refractivity contribution in [2.45, 2.75) is 31.3 Å². The number of nitrogens with zero attached hydrogens (tertiary/aromatic N) is 1. The fraction of sp³-hybridized carbons (Fsp3) is 0.333. The van der Waals surface area contributed by atoms with Gasteiger partial charge < -0.3 is 9.72 Å². The third kappa shape index (κ3) is 1.93. The molecule has 1 aromatic carbocycles. The molecule has 4 nitrogen and oxygen atoms in total. The Morgan fingerprint density at radius 1 is 1.26 bits per heavy atom. The summed E-state index contributed by atoms with van der Waals surface area (Å²) in [5.74, 6) is 2.03. The van der Waals surface area contributed by atoms with E-state index in [1.807, 2.05) is 18.2 Å². The van der Waals surface area contributed by atoms with Crippen molar-refractivity contribution in [3.63, 3.8) is 0 Å². The summed E-state index contributed by atoms with van der Waals surface area (Å²) in [4.78, 5) is 19.1. The second-order valence-electron chi connectivity index (χ2n) is 5.25. The monoisotopic (exact) mass is 254 g/mol. The number of hydrogen-bond acceptors (Lipinski definition) is 3. The summed E-state index contributed by atoms with van der Waals surface area (Å²) < 4.78 is 5.87. The number of para-hydroxylation sites is 1. The SMILES string of the molecule is O=c1cc(C2CC2)nc(C2Cc3ccccc3O2)[nH]1. The van der Waals surface area contributed by atoms with Gasteiger partial charge in [0.1, 0.15) is 5.75 Å². The van der Waals surface area contributed by atoms with Crippen molar-refractivity contribution in [3.8, 4) is 5.75 Å². The molecule has 2 heterocycles. The van der Waals surface area contributed by atoms with Crippen LogP contribution in [0.1, 0.15) is 41.9 Å². The highest BCUT2D eigenvalue weighted by molar-refractivity contribution is 5.38. The molecule has 4 rings (SSSR count). The van der Waals surface area contributed by atoms with Crippen molar-refractivity contribution in [1.29, 1.82) is 0 Å². The molecule has 1 aromatic heterocycles. The number of hydrogen-bond donors (Lipinski definition) is 1. The summed E-state index contributed by atoms with van der Waals surface area (Å²) in [6.07, 6.45) is 2.89. The van der Waals surface area contributed by atoms with Gasteiger partial charge in [-0.2, -0.15) is 0 Å². The predicted octanol–water partition coefficient (Wildman–Crippen LogP) is 2.32. The van der Waals surface area contributed by atoms with E-state index in [0.29, 0.717) is 11.7 Å². The zero-order valence-electron chi connectivity index (χ0n) is 10.4. The van der Waals surface area contributed by atoms with Crippen LogP contribution in [-0.4, -0.2) is 9.97 Å². The van der Waals surface area contributed by atoms with Crippen LogP contribution in [0, 0.1) is 0 Å². The predicted molar refractivity (Wildman–Crippen MR) is 70.3 cm³/mol. The number of ether oxygens (including phenoxy) is 1. The van der Waals surface area contributed by atoms with E-state index in [-0.39, 0.29) is 11.7 Å². The van der Waals surface area contributed by atoms with Crippen molar-refractivity contribution < 1.29 is 4.74 Å². The van der Waals surface area contributed by atoms with Gasteiger partial charge >= 0.3 is 0 Å². The number of nitrogens with one attached hydrogen (secondary N) is 1. The first-order valence-corrected chi connectivity index (χ1v) is 6.65. The lowest BCUT2D eigenvalue weighted by atomic mass is 10.1. The standard InChI is InChI=1S/C15H14N2O2/c18-14-8-11(9-5-6-9)16-15(17-14)13-7-10-3-1-2-4-12(10)19-13/h1-4,8-9,13H,5-7H2,(H,16,17,18). The smallest absolute Gasteiger partial charge is 0.251 e. The third-order valence-electron chi connectivity index (χ3n) is 3.73. The topological polar surface area (TPSA) is 55.0 Å². The maximum absolute atomic E-state index is 11.7. The molecule has 96 valence electrons. The maximum Gasteiger partial charge on any atom is 0.251 e. The number of aromatic amines is 1. The minimum Gasteiger partial charge on any atom is -0.482 e. The van der Waals surface area contributed by atoms with Crippen LogP contribution < -0.4 is 10.3 Å². The quantitative estimate of drug-likeness (QED) is 0.894. The first-order chi connectivity index (χ1) is 9.29. The molecule has 1 N–H and O–H groups in total. The van der Waals surface area contributed by atoms with Gasteiger partial charge in [-0.05, 0) is 24.5 Å². The Hall–Kier alpha value is -2.10. The van der Waals surface area contributed by atoms with Gasteiger partial charge in [0, 0.05) is 18.4 Å². The highest BCUT2D eigenvalue weighted by Crippen LogP contribution is 2.39. The fourth-order valence-electron chi connectivity index (χ4n) is 2.57. The Labute approximate surface area is 110 Å². The maximum atomic E-state index is 11.7. The average Bonchev–Trinajstić information content (AvgIpc) is 3.17. The van der Waals surface area contributed by atoms with Gasteiger partial charge in [-0.25, -0.2) is 4.98 Å². The van der Waals surface area contributed by atoms with Crippen LogP contribution >= 0.6 is 0 Å². The molecular formula is C15H14N2O2. The number of benzene rings is 1. The van der Waals surface area contributed by atoms with Crippen LogP contribution in [0.4, 0.5) is 0 Å². The van der Waals surface area contributed by atoms with E-state index in [0.717, 1.165) is 30.7 Å². The molecule has 0 saturated heterocycles. The largest absolute Gasteiger partial charge is 0.482 e. The number of H-pyrrole nitrogens is 1. The lowest BCUT2D eigenvalue weighted by Gasteiger charge is -2.10. The zero-order chi connectivity index (χ0) is 12.8. The Bertz CT molecular complexity index is 664. The molecular weight excluding hydrogens is 240 g/mol. The van der Waals surface area contributed by atoms with E-state index in [1.54, 1.807) is 6.07 Å². The molecule has 1 unspecified atom stereocenters. The lowest BCUT2D eigenvalue weighted by Crippen LogP contribution is -2.17. The van der Waals surface area contributed by atoms with Crippen molar-refractivity contribution >= 4 is 0 Å². The van der Waals surface area contributed by atoms with E-state index in [2.05, 4.69) is 16.0 Å². The summed E-state index contributed by atoms with van der Waals surface area (Å²) in [6.45, 7) is 0. The van der Waals surface area contributed by atoms with Crippen molar-refractivity contribution in [2.24, 2.45) is 0 Å². The summed E-state index contributed by atoms with van der Waals surface area (Å²) in [7, 11) is 0. The van der Waals surface area contributed by atoms with Crippen LogP contribution in [0.2, 0.25) is 0 Å². The molecule has 0 bridgehead atoms. The summed E-state index contributed by atoms with van der Waals surface area (Å²) >= 11 is 0. The van der Waals surface area contributed by atoms with Crippen molar-refractivity contribution in [1.82, 2.24) is 9.97 Å². The van der Waals surface area contributed by atoms with Crippen LogP contribution in [0.15, 0.2) is 35.1 Å². The first-order valence-electron chi connectivity index (χ1n) is 6.65. The molecule has 1 aliphatic carbocycles. The van der Waals surface area contributed by atoms with Crippen molar-refractivity contribution in [3.05, 3.63) is 57.8 Å². The molecule has 1 atom stereocenters. The number of rotatable bonds is 2. The highest BCUT2D eigenvalue weighted by atomic mass is 16.5. The van der Waals surface area contributed by atoms with E-state index < -0.39 is 0 Å². The highest BCUT2D eigenvalue weighted by Gasteiger charge is 2.29. The Balaban J connectivity index is 1.69. The Kier molecular flexibility index (Phi) is 2.24. The van der Waals surface area contributed by atoms with Gasteiger partial charge in [0.2, 0.25) is 0 Å². The van der Waals surface area contributed by atoms with Gasteiger partial charge in [-0.3, -0.25) is 4.79 Å². The Morgan fingerprint density at radius 2 is 2.11 bits per heavy atom. The van der Waals surface area contributed by atoms with Crippen molar-refractivity contribution in [2.75, 3.05) is 0 Å². The molecule has 2 aliphatic rings. The number of aromatic nitrogens is 2. The molecule has 0 spiro atoms. The van der Waals surface area contributed by atoms with Crippen LogP contribution in [-0.2, 0) is 6.42 Å². The van der Waals surface area contributed by atoms with E-state index in [9.17, 15) is 4.79 Å². The van der Waals surface area contributed by atoms with E-state index >= 15 is 0 Å². The molecule has 0 amide bonds. The van der Waals surface area contributed by atoms with Gasteiger partial charge in [-0.15, -0.1) is 0 Å². The normalized spacial score (nSPS) is 20.9. The van der Waals surface area contributed by atoms with E-state index in [1.165, 1.54) is 5.56 Å². The molecule has 2 aromatic rings. The van der Waals surface area contributed by atoms with Gasteiger partial charge in [0.05, 0.1) is 5.69 Å². The Morgan fingerprint density at radius 3 is 2.89 bits per heavy atom. The van der Waals surface area contributed by atoms with Crippen LogP contribution in [0.25, 0.3) is 0 Å². The summed E-state index contributed by atoms with van der Waals surface area (Å²) in [5, 5.41) is 0. The molecule has 0 radical (unpaired) electrons. The second-order valence-corrected chi connectivity index (χ2v) is 5.25. The lowest BCUT2D eigenvalue weighted by molar-refractivity contribution is 0.226. The van der Waals surface area contributed by atoms with Gasteiger partial charge in [-0.1, -0.05) is 18.2 Å². The summed E-state index contributed by atoms with van der Waals surface area (Å²) in [6, 6.07) is 9.58. The number of fused-ring (bicyclic) bond motifs is 1.